The number of benzene rings is 4. The number of hydrogen-bond acceptors (Lipinski definition) is 3. The van der Waals surface area contributed by atoms with E-state index in [9.17, 15) is 8.42 Å². The lowest BCUT2D eigenvalue weighted by molar-refractivity contribution is 0.601. The smallest absolute Gasteiger partial charge is 0.261 e. The van der Waals surface area contributed by atoms with Gasteiger partial charge in [0.2, 0.25) is 0 Å². The zero-order valence-electron chi connectivity index (χ0n) is 15.0. The third kappa shape index (κ3) is 4.88. The predicted octanol–water partition coefficient (Wildman–Crippen LogP) is 7.05. The predicted molar refractivity (Wildman–Crippen MR) is 129 cm³/mol. The molecule has 4 aromatic carbocycles. The summed E-state index contributed by atoms with van der Waals surface area (Å²) < 4.78 is 28.7. The minimum absolute atomic E-state index is 0.212. The summed E-state index contributed by atoms with van der Waals surface area (Å²) in [4.78, 5) is 2.14. The van der Waals surface area contributed by atoms with Crippen LogP contribution in [0.4, 0.5) is 5.69 Å². The molecule has 0 aromatic heterocycles. The monoisotopic (exact) mass is 551 g/mol. The Morgan fingerprint density at radius 2 is 1.55 bits per heavy atom. The molecule has 0 bridgehead atoms. The minimum Gasteiger partial charge on any atom is -0.280 e. The normalized spacial score (nSPS) is 11.5. The summed E-state index contributed by atoms with van der Waals surface area (Å²) in [6.45, 7) is 0. The topological polar surface area (TPSA) is 46.2 Å². The summed E-state index contributed by atoms with van der Waals surface area (Å²) in [5.74, 6) is 0. The highest BCUT2D eigenvalue weighted by Crippen LogP contribution is 2.36. The van der Waals surface area contributed by atoms with Crippen molar-refractivity contribution >= 4 is 72.4 Å². The first-order valence-electron chi connectivity index (χ1n) is 8.65. The van der Waals surface area contributed by atoms with Gasteiger partial charge in [-0.1, -0.05) is 53.7 Å². The summed E-state index contributed by atoms with van der Waals surface area (Å²) in [5, 5.41) is 2.84. The molecule has 29 heavy (non-hydrogen) atoms. The molecule has 0 aliphatic rings. The Morgan fingerprint density at radius 3 is 2.28 bits per heavy atom. The molecular formula is C22H15ClINO2S2. The highest BCUT2D eigenvalue weighted by atomic mass is 127. The molecule has 0 aliphatic heterocycles. The molecule has 0 radical (unpaired) electrons. The lowest BCUT2D eigenvalue weighted by atomic mass is 10.1. The molecule has 7 heteroatoms. The average molecular weight is 552 g/mol. The van der Waals surface area contributed by atoms with E-state index in [1.165, 1.54) is 5.39 Å². The van der Waals surface area contributed by atoms with Crippen LogP contribution in [0, 0.1) is 3.57 Å². The van der Waals surface area contributed by atoms with Gasteiger partial charge >= 0.3 is 0 Å². The Kier molecular flexibility index (Phi) is 6.06. The lowest BCUT2D eigenvalue weighted by Crippen LogP contribution is -2.12. The summed E-state index contributed by atoms with van der Waals surface area (Å²) in [6, 6.07) is 26.3. The molecule has 146 valence electrons. The van der Waals surface area contributed by atoms with E-state index in [1.54, 1.807) is 48.2 Å². The van der Waals surface area contributed by atoms with Crippen molar-refractivity contribution in [1.82, 2.24) is 0 Å². The van der Waals surface area contributed by atoms with Gasteiger partial charge in [-0.2, -0.15) is 0 Å². The van der Waals surface area contributed by atoms with Crippen LogP contribution in [-0.4, -0.2) is 8.42 Å². The number of nitrogens with one attached hydrogen (secondary N) is 1. The number of halogens is 2. The Morgan fingerprint density at radius 1 is 0.828 bits per heavy atom. The second kappa shape index (κ2) is 8.55. The van der Waals surface area contributed by atoms with Crippen molar-refractivity contribution in [1.29, 1.82) is 0 Å². The largest absolute Gasteiger partial charge is 0.280 e. The van der Waals surface area contributed by atoms with Crippen molar-refractivity contribution in [3.63, 3.8) is 0 Å². The molecular weight excluding hydrogens is 537 g/mol. The van der Waals surface area contributed by atoms with Gasteiger partial charge in [0.15, 0.2) is 0 Å². The average Bonchev–Trinajstić information content (AvgIpc) is 2.70. The van der Waals surface area contributed by atoms with E-state index in [0.717, 1.165) is 18.7 Å². The number of anilines is 1. The van der Waals surface area contributed by atoms with Gasteiger partial charge in [0.05, 0.1) is 15.6 Å². The molecule has 0 heterocycles. The highest BCUT2D eigenvalue weighted by molar-refractivity contribution is 14.1. The van der Waals surface area contributed by atoms with Crippen LogP contribution in [0.5, 0.6) is 0 Å². The molecule has 0 saturated heterocycles. The van der Waals surface area contributed by atoms with E-state index in [-0.39, 0.29) is 4.90 Å². The van der Waals surface area contributed by atoms with Crippen LogP contribution in [0.1, 0.15) is 0 Å². The van der Waals surface area contributed by atoms with E-state index in [0.29, 0.717) is 10.7 Å². The fourth-order valence-corrected chi connectivity index (χ4v) is 5.41. The maximum atomic E-state index is 12.6. The van der Waals surface area contributed by atoms with E-state index in [4.69, 9.17) is 11.6 Å². The van der Waals surface area contributed by atoms with Crippen molar-refractivity contribution in [2.45, 2.75) is 14.7 Å². The number of fused-ring (bicyclic) bond motifs is 1. The molecule has 0 amide bonds. The third-order valence-corrected chi connectivity index (χ3v) is 7.86. The number of sulfonamides is 1. The van der Waals surface area contributed by atoms with Gasteiger partial charge in [0.25, 0.3) is 10.0 Å². The first kappa shape index (κ1) is 20.5. The summed E-state index contributed by atoms with van der Waals surface area (Å²) >= 11 is 10.1. The van der Waals surface area contributed by atoms with E-state index in [1.807, 2.05) is 18.2 Å². The van der Waals surface area contributed by atoms with Crippen molar-refractivity contribution < 1.29 is 8.42 Å². The van der Waals surface area contributed by atoms with Crippen LogP contribution in [0.3, 0.4) is 0 Å². The van der Waals surface area contributed by atoms with Crippen molar-refractivity contribution in [2.75, 3.05) is 4.72 Å². The van der Waals surface area contributed by atoms with Gasteiger partial charge < -0.3 is 0 Å². The molecule has 4 rings (SSSR count). The summed E-state index contributed by atoms with van der Waals surface area (Å²) in [6.07, 6.45) is 0. The number of rotatable bonds is 5. The van der Waals surface area contributed by atoms with Gasteiger partial charge in [-0.25, -0.2) is 8.42 Å². The molecule has 0 saturated carbocycles. The summed E-state index contributed by atoms with van der Waals surface area (Å²) in [5.41, 5.74) is 0.427. The fourth-order valence-electron chi connectivity index (χ4n) is 2.83. The standard InChI is InChI=1S/C22H15ClINO2S2/c23-21-14-18(25-29(26,27)20-10-6-17(24)7-11-20)8-12-22(21)28-19-9-5-15-3-1-2-4-16(15)13-19/h1-14,25H. The SMILES string of the molecule is O=S(=O)(Nc1ccc(Sc2ccc3ccccc3c2)c(Cl)c1)c1ccc(I)cc1. The van der Waals surface area contributed by atoms with Crippen molar-refractivity contribution in [2.24, 2.45) is 0 Å². The highest BCUT2D eigenvalue weighted by Gasteiger charge is 2.15. The Bertz CT molecular complexity index is 1290. The Labute approximate surface area is 192 Å². The molecule has 0 aliphatic carbocycles. The maximum Gasteiger partial charge on any atom is 0.261 e. The second-order valence-corrected chi connectivity index (χ2v) is 10.8. The molecule has 0 spiro atoms. The van der Waals surface area contributed by atoms with Crippen LogP contribution in [0.2, 0.25) is 5.02 Å². The van der Waals surface area contributed by atoms with Crippen LogP contribution in [-0.2, 0) is 10.0 Å². The van der Waals surface area contributed by atoms with Gasteiger partial charge in [-0.3, -0.25) is 4.72 Å². The zero-order valence-corrected chi connectivity index (χ0v) is 19.5. The van der Waals surface area contributed by atoms with Crippen LogP contribution < -0.4 is 4.72 Å². The van der Waals surface area contributed by atoms with Crippen LogP contribution in [0.15, 0.2) is 99.6 Å². The Balaban J connectivity index is 1.55. The van der Waals surface area contributed by atoms with Gasteiger partial charge in [0, 0.05) is 13.4 Å². The lowest BCUT2D eigenvalue weighted by Gasteiger charge is -2.11. The van der Waals surface area contributed by atoms with Crippen LogP contribution >= 0.6 is 46.0 Å². The molecule has 0 fully saturated rings. The van der Waals surface area contributed by atoms with Gasteiger partial charge in [-0.15, -0.1) is 0 Å². The van der Waals surface area contributed by atoms with Crippen LogP contribution in [0.25, 0.3) is 10.8 Å². The van der Waals surface area contributed by atoms with E-state index in [2.05, 4.69) is 57.6 Å². The Hall–Kier alpha value is -1.74. The van der Waals surface area contributed by atoms with Gasteiger partial charge in [-0.05, 0) is 88.0 Å². The molecule has 3 nitrogen and oxygen atoms in total. The minimum atomic E-state index is -3.66. The quantitative estimate of drug-likeness (QED) is 0.270. The zero-order chi connectivity index (χ0) is 20.4. The van der Waals surface area contributed by atoms with Gasteiger partial charge in [0.1, 0.15) is 0 Å². The second-order valence-electron chi connectivity index (χ2n) is 6.32. The first-order chi connectivity index (χ1) is 13.9. The van der Waals surface area contributed by atoms with E-state index >= 15 is 0 Å². The molecule has 1 N–H and O–H groups in total. The van der Waals surface area contributed by atoms with Crippen molar-refractivity contribution in [3.8, 4) is 0 Å². The summed E-state index contributed by atoms with van der Waals surface area (Å²) in [7, 11) is -3.66. The van der Waals surface area contributed by atoms with E-state index < -0.39 is 10.0 Å². The third-order valence-electron chi connectivity index (χ3n) is 4.26. The molecule has 4 aromatic rings. The number of hydrogen-bond donors (Lipinski definition) is 1. The molecule has 0 atom stereocenters. The fraction of sp³-hybridized carbons (Fsp3) is 0. The molecule has 0 unspecified atom stereocenters. The van der Waals surface area contributed by atoms with Crippen molar-refractivity contribution in [3.05, 3.63) is 93.5 Å². The maximum absolute atomic E-state index is 12.6. The first-order valence-corrected chi connectivity index (χ1v) is 12.4.